The fourth-order valence-corrected chi connectivity index (χ4v) is 1.82. The molecule has 0 amide bonds. The summed E-state index contributed by atoms with van der Waals surface area (Å²) in [6, 6.07) is 0. The van der Waals surface area contributed by atoms with Gasteiger partial charge in [-0.2, -0.15) is 0 Å². The van der Waals surface area contributed by atoms with E-state index in [4.69, 9.17) is 0 Å². The molecule has 14 heavy (non-hydrogen) atoms. The van der Waals surface area contributed by atoms with Gasteiger partial charge in [-0.3, -0.25) is 0 Å². The van der Waals surface area contributed by atoms with Crippen LogP contribution in [0.2, 0.25) is 0 Å². The van der Waals surface area contributed by atoms with Crippen LogP contribution in [0.1, 0.15) is 72.1 Å². The molecule has 1 unspecified atom stereocenters. The third kappa shape index (κ3) is 9.83. The van der Waals surface area contributed by atoms with Crippen LogP contribution in [0.25, 0.3) is 0 Å². The number of unbranched alkanes of at least 4 members (excludes halogenated alkanes) is 3. The quantitative estimate of drug-likeness (QED) is 0.345. The molecule has 0 nitrogen and oxygen atoms in total. The van der Waals surface area contributed by atoms with Crippen molar-refractivity contribution in [3.05, 3.63) is 12.2 Å². The smallest absolute Gasteiger partial charge is 0.0326 e. The number of hydrogen-bond donors (Lipinski definition) is 0. The van der Waals surface area contributed by atoms with Crippen LogP contribution in [0.5, 0.6) is 0 Å². The summed E-state index contributed by atoms with van der Waals surface area (Å²) in [6.07, 6.45) is 11.0. The Kier molecular flexibility index (Phi) is 9.13. The van der Waals surface area contributed by atoms with Crippen LogP contribution in [-0.4, -0.2) is 0 Å². The molecule has 0 radical (unpaired) electrons. The van der Waals surface area contributed by atoms with Crippen molar-refractivity contribution in [2.24, 2.45) is 5.92 Å². The summed E-state index contributed by atoms with van der Waals surface area (Å²) in [4.78, 5) is 0. The van der Waals surface area contributed by atoms with E-state index in [-0.39, 0.29) is 0 Å². The molecule has 0 aliphatic heterocycles. The SMILES string of the molecule is C=C(C)CCCC(C)CCCCCC. The van der Waals surface area contributed by atoms with Crippen molar-refractivity contribution in [3.63, 3.8) is 0 Å². The van der Waals surface area contributed by atoms with Gasteiger partial charge in [0.2, 0.25) is 0 Å². The van der Waals surface area contributed by atoms with Crippen LogP contribution in [0.3, 0.4) is 0 Å². The highest BCUT2D eigenvalue weighted by molar-refractivity contribution is 4.87. The van der Waals surface area contributed by atoms with Crippen molar-refractivity contribution in [2.75, 3.05) is 0 Å². The van der Waals surface area contributed by atoms with Crippen molar-refractivity contribution in [1.82, 2.24) is 0 Å². The summed E-state index contributed by atoms with van der Waals surface area (Å²) in [5, 5.41) is 0. The highest BCUT2D eigenvalue weighted by Crippen LogP contribution is 2.17. The van der Waals surface area contributed by atoms with Crippen molar-refractivity contribution >= 4 is 0 Å². The molecule has 0 aromatic rings. The Morgan fingerprint density at radius 1 is 1.07 bits per heavy atom. The Balaban J connectivity index is 3.19. The van der Waals surface area contributed by atoms with Gasteiger partial charge in [0.05, 0.1) is 0 Å². The highest BCUT2D eigenvalue weighted by atomic mass is 14.1. The number of hydrogen-bond acceptors (Lipinski definition) is 0. The van der Waals surface area contributed by atoms with Crippen molar-refractivity contribution < 1.29 is 0 Å². The Bertz CT molecular complexity index is 135. The van der Waals surface area contributed by atoms with E-state index < -0.39 is 0 Å². The van der Waals surface area contributed by atoms with E-state index in [2.05, 4.69) is 27.4 Å². The second-order valence-corrected chi connectivity index (χ2v) is 4.80. The summed E-state index contributed by atoms with van der Waals surface area (Å²) in [5.41, 5.74) is 1.34. The van der Waals surface area contributed by atoms with Gasteiger partial charge >= 0.3 is 0 Å². The summed E-state index contributed by atoms with van der Waals surface area (Å²) in [5.74, 6) is 0.922. The van der Waals surface area contributed by atoms with E-state index in [1.54, 1.807) is 0 Å². The van der Waals surface area contributed by atoms with E-state index in [0.717, 1.165) is 5.92 Å². The predicted octanol–water partition coefficient (Wildman–Crippen LogP) is 5.34. The topological polar surface area (TPSA) is 0 Å². The number of allylic oxidation sites excluding steroid dienone is 1. The molecule has 0 spiro atoms. The second-order valence-electron chi connectivity index (χ2n) is 4.80. The standard InChI is InChI=1S/C14H28/c1-5-6-7-8-11-14(4)12-9-10-13(2)3/h14H,2,5-12H2,1,3-4H3. The fourth-order valence-electron chi connectivity index (χ4n) is 1.82. The number of rotatable bonds is 9. The van der Waals surface area contributed by atoms with E-state index in [0.29, 0.717) is 0 Å². The third-order valence-corrected chi connectivity index (χ3v) is 2.85. The Morgan fingerprint density at radius 3 is 2.29 bits per heavy atom. The predicted molar refractivity (Wildman–Crippen MR) is 66.6 cm³/mol. The Hall–Kier alpha value is -0.260. The van der Waals surface area contributed by atoms with Gasteiger partial charge in [-0.1, -0.05) is 57.9 Å². The molecular weight excluding hydrogens is 168 g/mol. The van der Waals surface area contributed by atoms with Gasteiger partial charge in [-0.25, -0.2) is 0 Å². The maximum absolute atomic E-state index is 3.94. The molecule has 1 atom stereocenters. The Morgan fingerprint density at radius 2 is 1.71 bits per heavy atom. The fraction of sp³-hybridized carbons (Fsp3) is 0.857. The zero-order chi connectivity index (χ0) is 10.8. The van der Waals surface area contributed by atoms with Crippen LogP contribution in [0, 0.1) is 5.92 Å². The van der Waals surface area contributed by atoms with Gasteiger partial charge in [-0.05, 0) is 25.7 Å². The molecule has 0 aromatic carbocycles. The molecule has 0 saturated carbocycles. The van der Waals surface area contributed by atoms with Crippen LogP contribution in [0.15, 0.2) is 12.2 Å². The van der Waals surface area contributed by atoms with Crippen LogP contribution in [0.4, 0.5) is 0 Å². The van der Waals surface area contributed by atoms with Gasteiger partial charge in [-0.15, -0.1) is 6.58 Å². The molecular formula is C14H28. The average molecular weight is 196 g/mol. The first-order valence-electron chi connectivity index (χ1n) is 6.31. The van der Waals surface area contributed by atoms with Crippen LogP contribution in [-0.2, 0) is 0 Å². The molecule has 84 valence electrons. The molecule has 0 N–H and O–H groups in total. The molecule has 0 aliphatic rings. The molecule has 0 aromatic heterocycles. The molecule has 0 aliphatic carbocycles. The van der Waals surface area contributed by atoms with E-state index in [1.165, 1.54) is 56.9 Å². The minimum absolute atomic E-state index is 0.922. The van der Waals surface area contributed by atoms with Gasteiger partial charge < -0.3 is 0 Å². The van der Waals surface area contributed by atoms with Crippen molar-refractivity contribution in [1.29, 1.82) is 0 Å². The lowest BCUT2D eigenvalue weighted by Gasteiger charge is -2.10. The Labute approximate surface area is 90.8 Å². The lowest BCUT2D eigenvalue weighted by molar-refractivity contribution is 0.447. The van der Waals surface area contributed by atoms with E-state index >= 15 is 0 Å². The molecule has 0 bridgehead atoms. The first kappa shape index (κ1) is 13.7. The zero-order valence-corrected chi connectivity index (χ0v) is 10.4. The maximum atomic E-state index is 3.94. The summed E-state index contributed by atoms with van der Waals surface area (Å²) in [6.45, 7) is 10.7. The minimum atomic E-state index is 0.922. The third-order valence-electron chi connectivity index (χ3n) is 2.85. The lowest BCUT2D eigenvalue weighted by Crippen LogP contribution is -1.95. The first-order chi connectivity index (χ1) is 6.66. The largest absolute Gasteiger partial charge is 0.100 e. The molecule has 0 saturated heterocycles. The average Bonchev–Trinajstić information content (AvgIpc) is 2.12. The van der Waals surface area contributed by atoms with Crippen LogP contribution < -0.4 is 0 Å². The van der Waals surface area contributed by atoms with Crippen LogP contribution >= 0.6 is 0 Å². The van der Waals surface area contributed by atoms with Crippen molar-refractivity contribution in [3.8, 4) is 0 Å². The van der Waals surface area contributed by atoms with E-state index in [1.807, 2.05) is 0 Å². The summed E-state index contributed by atoms with van der Waals surface area (Å²) >= 11 is 0. The second kappa shape index (κ2) is 9.30. The summed E-state index contributed by atoms with van der Waals surface area (Å²) < 4.78 is 0. The minimum Gasteiger partial charge on any atom is -0.100 e. The van der Waals surface area contributed by atoms with Gasteiger partial charge in [0, 0.05) is 0 Å². The molecule has 0 rings (SSSR count). The molecule has 0 heterocycles. The zero-order valence-electron chi connectivity index (χ0n) is 10.4. The summed E-state index contributed by atoms with van der Waals surface area (Å²) in [7, 11) is 0. The molecule has 0 fully saturated rings. The van der Waals surface area contributed by atoms with Gasteiger partial charge in [0.1, 0.15) is 0 Å². The normalized spacial score (nSPS) is 12.8. The lowest BCUT2D eigenvalue weighted by atomic mass is 9.96. The van der Waals surface area contributed by atoms with Crippen molar-refractivity contribution in [2.45, 2.75) is 72.1 Å². The molecule has 0 heteroatoms. The van der Waals surface area contributed by atoms with Gasteiger partial charge in [0.25, 0.3) is 0 Å². The first-order valence-corrected chi connectivity index (χ1v) is 6.31. The van der Waals surface area contributed by atoms with Gasteiger partial charge in [0.15, 0.2) is 0 Å². The monoisotopic (exact) mass is 196 g/mol. The maximum Gasteiger partial charge on any atom is -0.0326 e. The van der Waals surface area contributed by atoms with E-state index in [9.17, 15) is 0 Å². The highest BCUT2D eigenvalue weighted by Gasteiger charge is 2.01.